The van der Waals surface area contributed by atoms with Crippen molar-refractivity contribution >= 4 is 23.7 Å². The number of carbonyl (C=O) groups is 3. The molecule has 5 rings (SSSR count). The second kappa shape index (κ2) is 9.02. The van der Waals surface area contributed by atoms with Gasteiger partial charge < -0.3 is 15.2 Å². The number of amides is 2. The van der Waals surface area contributed by atoms with E-state index in [0.29, 0.717) is 17.7 Å². The largest absolute Gasteiger partial charge is 0.481 e. The summed E-state index contributed by atoms with van der Waals surface area (Å²) in [7, 11) is 0. The Morgan fingerprint density at radius 1 is 0.882 bits per heavy atom. The molecule has 3 aromatic carbocycles. The van der Waals surface area contributed by atoms with Gasteiger partial charge in [0.2, 0.25) is 0 Å². The lowest BCUT2D eigenvalue weighted by atomic mass is 9.98. The fraction of sp³-hybridized carbons (Fsp3) is 0.222. The van der Waals surface area contributed by atoms with Crippen molar-refractivity contribution in [2.24, 2.45) is 11.8 Å². The number of hydrogen-bond donors (Lipinski definition) is 3. The zero-order valence-corrected chi connectivity index (χ0v) is 18.4. The lowest BCUT2D eigenvalue weighted by Crippen LogP contribution is -2.28. The summed E-state index contributed by atoms with van der Waals surface area (Å²) in [5, 5.41) is 14.5. The Balaban J connectivity index is 1.22. The summed E-state index contributed by atoms with van der Waals surface area (Å²) in [4.78, 5) is 36.3. The Morgan fingerprint density at radius 2 is 1.50 bits per heavy atom. The van der Waals surface area contributed by atoms with Gasteiger partial charge in [0.1, 0.15) is 6.61 Å². The van der Waals surface area contributed by atoms with Crippen molar-refractivity contribution in [3.63, 3.8) is 0 Å². The first-order valence-corrected chi connectivity index (χ1v) is 11.2. The molecular weight excluding hydrogens is 432 g/mol. The predicted molar refractivity (Wildman–Crippen MR) is 127 cm³/mol. The van der Waals surface area contributed by atoms with Crippen molar-refractivity contribution in [2.45, 2.75) is 12.3 Å². The summed E-state index contributed by atoms with van der Waals surface area (Å²) in [5.74, 6) is -1.71. The Morgan fingerprint density at radius 3 is 2.15 bits per heavy atom. The van der Waals surface area contributed by atoms with Crippen molar-refractivity contribution in [1.82, 2.24) is 5.32 Å². The first-order chi connectivity index (χ1) is 16.5. The van der Waals surface area contributed by atoms with E-state index in [1.165, 1.54) is 0 Å². The van der Waals surface area contributed by atoms with Gasteiger partial charge in [0.25, 0.3) is 5.91 Å². The van der Waals surface area contributed by atoms with Gasteiger partial charge >= 0.3 is 12.1 Å². The first kappa shape index (κ1) is 21.7. The van der Waals surface area contributed by atoms with E-state index in [1.54, 1.807) is 24.3 Å². The number of fused-ring (bicyclic) bond motifs is 3. The maximum absolute atomic E-state index is 12.6. The zero-order valence-electron chi connectivity index (χ0n) is 18.4. The fourth-order valence-electron chi connectivity index (χ4n) is 4.63. The molecular formula is C27H24N2O5. The minimum absolute atomic E-state index is 0.0521. The minimum Gasteiger partial charge on any atom is -0.481 e. The molecule has 0 aromatic heterocycles. The molecule has 1 saturated carbocycles. The molecule has 0 unspecified atom stereocenters. The highest BCUT2D eigenvalue weighted by molar-refractivity contribution is 6.02. The van der Waals surface area contributed by atoms with Gasteiger partial charge in [-0.2, -0.15) is 0 Å². The average molecular weight is 456 g/mol. The van der Waals surface area contributed by atoms with E-state index in [1.807, 2.05) is 24.3 Å². The molecule has 2 aliphatic rings. The Bertz CT molecular complexity index is 1230. The molecule has 2 amide bonds. The number of aliphatic carboxylic acids is 1. The monoisotopic (exact) mass is 456 g/mol. The molecule has 0 radical (unpaired) electrons. The van der Waals surface area contributed by atoms with Gasteiger partial charge in [-0.25, -0.2) is 4.79 Å². The molecule has 1 fully saturated rings. The van der Waals surface area contributed by atoms with Crippen LogP contribution in [0.3, 0.4) is 0 Å². The second-order valence-electron chi connectivity index (χ2n) is 8.65. The van der Waals surface area contributed by atoms with Crippen molar-refractivity contribution in [3.8, 4) is 11.1 Å². The molecule has 3 N–H and O–H groups in total. The summed E-state index contributed by atoms with van der Waals surface area (Å²) in [6.45, 7) is 0.460. The minimum atomic E-state index is -0.837. The molecule has 0 heterocycles. The predicted octanol–water partition coefficient (Wildman–Crippen LogP) is 4.50. The number of ether oxygens (including phenoxy) is 1. The highest BCUT2D eigenvalue weighted by Crippen LogP contribution is 2.44. The van der Waals surface area contributed by atoms with Gasteiger partial charge in [-0.15, -0.1) is 0 Å². The Kier molecular flexibility index (Phi) is 5.76. The number of hydrogen-bond acceptors (Lipinski definition) is 4. The summed E-state index contributed by atoms with van der Waals surface area (Å²) < 4.78 is 5.58. The quantitative estimate of drug-likeness (QED) is 0.486. The summed E-state index contributed by atoms with van der Waals surface area (Å²) in [6, 6.07) is 22.9. The smallest absolute Gasteiger partial charge is 0.411 e. The van der Waals surface area contributed by atoms with Gasteiger partial charge in [0, 0.05) is 12.5 Å². The van der Waals surface area contributed by atoms with E-state index in [9.17, 15) is 14.4 Å². The summed E-state index contributed by atoms with van der Waals surface area (Å²) in [6.07, 6.45) is -0.0785. The normalized spacial score (nSPS) is 17.9. The molecule has 34 heavy (non-hydrogen) atoms. The van der Waals surface area contributed by atoms with E-state index in [4.69, 9.17) is 9.84 Å². The maximum atomic E-state index is 12.6. The fourth-order valence-corrected chi connectivity index (χ4v) is 4.63. The van der Waals surface area contributed by atoms with E-state index < -0.39 is 18.0 Å². The van der Waals surface area contributed by atoms with Crippen LogP contribution in [0.5, 0.6) is 0 Å². The third-order valence-electron chi connectivity index (χ3n) is 6.52. The van der Waals surface area contributed by atoms with Crippen molar-refractivity contribution in [1.29, 1.82) is 0 Å². The SMILES string of the molecule is O=C(Nc1ccccc1C(=O)NC[C@@H]1C[C@@H]1C(=O)O)OCC1c2ccccc2-c2ccccc21. The molecule has 0 bridgehead atoms. The number of benzene rings is 3. The molecule has 7 nitrogen and oxygen atoms in total. The molecule has 2 aliphatic carbocycles. The number of nitrogens with one attached hydrogen (secondary N) is 2. The van der Waals surface area contributed by atoms with E-state index in [-0.39, 0.29) is 30.9 Å². The van der Waals surface area contributed by atoms with Crippen LogP contribution in [0, 0.1) is 11.8 Å². The van der Waals surface area contributed by atoms with Crippen LogP contribution in [-0.2, 0) is 9.53 Å². The molecule has 0 spiro atoms. The van der Waals surface area contributed by atoms with Crippen LogP contribution >= 0.6 is 0 Å². The van der Waals surface area contributed by atoms with E-state index in [2.05, 4.69) is 34.9 Å². The van der Waals surface area contributed by atoms with Crippen LogP contribution in [0.15, 0.2) is 72.8 Å². The molecule has 172 valence electrons. The van der Waals surface area contributed by atoms with Gasteiger partial charge in [0.05, 0.1) is 17.2 Å². The number of carbonyl (C=O) groups excluding carboxylic acids is 2. The van der Waals surface area contributed by atoms with E-state index in [0.717, 1.165) is 22.3 Å². The third-order valence-corrected chi connectivity index (χ3v) is 6.52. The second-order valence-corrected chi connectivity index (χ2v) is 8.65. The van der Waals surface area contributed by atoms with Crippen LogP contribution in [0.1, 0.15) is 33.8 Å². The highest BCUT2D eigenvalue weighted by atomic mass is 16.5. The third kappa shape index (κ3) is 4.24. The maximum Gasteiger partial charge on any atom is 0.411 e. The van der Waals surface area contributed by atoms with Gasteiger partial charge in [0.15, 0.2) is 0 Å². The van der Waals surface area contributed by atoms with E-state index >= 15 is 0 Å². The highest BCUT2D eigenvalue weighted by Gasteiger charge is 2.43. The van der Waals surface area contributed by atoms with Gasteiger partial charge in [-0.3, -0.25) is 14.9 Å². The Hall–Kier alpha value is -4.13. The molecule has 2 atom stereocenters. The molecule has 0 aliphatic heterocycles. The number of anilines is 1. The number of para-hydroxylation sites is 1. The topological polar surface area (TPSA) is 105 Å². The number of carboxylic acid groups (broad SMARTS) is 1. The van der Waals surface area contributed by atoms with Gasteiger partial charge in [-0.05, 0) is 46.7 Å². The van der Waals surface area contributed by atoms with Crippen LogP contribution < -0.4 is 10.6 Å². The van der Waals surface area contributed by atoms with Crippen LogP contribution in [0.25, 0.3) is 11.1 Å². The summed E-state index contributed by atoms with van der Waals surface area (Å²) in [5.41, 5.74) is 5.17. The van der Waals surface area contributed by atoms with Crippen LogP contribution in [0.4, 0.5) is 10.5 Å². The first-order valence-electron chi connectivity index (χ1n) is 11.2. The van der Waals surface area contributed by atoms with Crippen LogP contribution in [-0.4, -0.2) is 36.2 Å². The van der Waals surface area contributed by atoms with Crippen molar-refractivity contribution < 1.29 is 24.2 Å². The number of carboxylic acids is 1. The standard InChI is InChI=1S/C27H24N2O5/c30-25(28-14-16-13-22(16)26(31)32)21-11-5-6-12-24(21)29-27(33)34-15-23-19-9-3-1-7-17(19)18-8-2-4-10-20(18)23/h1-12,16,22-23H,13-15H2,(H,28,30)(H,29,33)(H,31,32)/t16-,22-/m0/s1. The molecule has 7 heteroatoms. The van der Waals surface area contributed by atoms with Crippen molar-refractivity contribution in [2.75, 3.05) is 18.5 Å². The molecule has 0 saturated heterocycles. The zero-order chi connectivity index (χ0) is 23.7. The van der Waals surface area contributed by atoms with Crippen LogP contribution in [0.2, 0.25) is 0 Å². The average Bonchev–Trinajstić information content (AvgIpc) is 3.57. The lowest BCUT2D eigenvalue weighted by Gasteiger charge is -2.15. The Labute approximate surface area is 196 Å². The number of rotatable bonds is 7. The van der Waals surface area contributed by atoms with Crippen molar-refractivity contribution in [3.05, 3.63) is 89.5 Å². The van der Waals surface area contributed by atoms with Gasteiger partial charge in [-0.1, -0.05) is 60.7 Å². The molecule has 3 aromatic rings. The lowest BCUT2D eigenvalue weighted by molar-refractivity contribution is -0.138. The summed E-state index contributed by atoms with van der Waals surface area (Å²) >= 11 is 0.